The summed E-state index contributed by atoms with van der Waals surface area (Å²) in [5.41, 5.74) is -0.135. The molecule has 7 nitrogen and oxygen atoms in total. The number of carbonyl (C=O) groups is 2. The lowest BCUT2D eigenvalue weighted by Gasteiger charge is -2.06. The zero-order chi connectivity index (χ0) is 17.0. The second kappa shape index (κ2) is 7.21. The molecule has 0 aliphatic rings. The van der Waals surface area contributed by atoms with Gasteiger partial charge >= 0.3 is 5.97 Å². The van der Waals surface area contributed by atoms with Crippen molar-refractivity contribution in [3.63, 3.8) is 0 Å². The molecule has 1 amide bonds. The van der Waals surface area contributed by atoms with Crippen molar-refractivity contribution in [1.82, 2.24) is 0 Å². The number of amides is 1. The standard InChI is InChI=1S/C14H11ClN2O5S/c1-8-2-5-12(23-8)14(19)22-7-13(18)16-9-3-4-10(15)11(6-9)17(20)21/h2-6H,7H2,1H3,(H,16,18). The SMILES string of the molecule is Cc1ccc(C(=O)OCC(=O)Nc2ccc(Cl)c([N+](=O)[O-])c2)s1. The molecule has 0 atom stereocenters. The maximum atomic E-state index is 11.7. The second-order valence-electron chi connectivity index (χ2n) is 4.46. The lowest BCUT2D eigenvalue weighted by atomic mass is 10.3. The number of hydrogen-bond acceptors (Lipinski definition) is 6. The lowest BCUT2D eigenvalue weighted by molar-refractivity contribution is -0.384. The van der Waals surface area contributed by atoms with E-state index >= 15 is 0 Å². The van der Waals surface area contributed by atoms with E-state index in [1.54, 1.807) is 12.1 Å². The highest BCUT2D eigenvalue weighted by Gasteiger charge is 2.15. The molecule has 0 spiro atoms. The van der Waals surface area contributed by atoms with Crippen LogP contribution in [0, 0.1) is 17.0 Å². The van der Waals surface area contributed by atoms with E-state index in [9.17, 15) is 19.7 Å². The van der Waals surface area contributed by atoms with Crippen molar-refractivity contribution in [2.24, 2.45) is 0 Å². The van der Waals surface area contributed by atoms with Crippen molar-refractivity contribution in [2.75, 3.05) is 11.9 Å². The number of nitrogens with one attached hydrogen (secondary N) is 1. The van der Waals surface area contributed by atoms with Crippen molar-refractivity contribution < 1.29 is 19.2 Å². The Balaban J connectivity index is 1.93. The van der Waals surface area contributed by atoms with Gasteiger partial charge in [-0.25, -0.2) is 4.79 Å². The number of rotatable bonds is 5. The molecular formula is C14H11ClN2O5S. The molecule has 0 bridgehead atoms. The molecule has 0 saturated heterocycles. The van der Waals surface area contributed by atoms with Gasteiger partial charge in [-0.3, -0.25) is 14.9 Å². The van der Waals surface area contributed by atoms with Crippen LogP contribution in [0.2, 0.25) is 5.02 Å². The Labute approximate surface area is 140 Å². The number of carbonyl (C=O) groups excluding carboxylic acids is 2. The topological polar surface area (TPSA) is 98.5 Å². The van der Waals surface area contributed by atoms with E-state index in [4.69, 9.17) is 16.3 Å². The summed E-state index contributed by atoms with van der Waals surface area (Å²) in [6.45, 7) is 1.35. The third-order valence-electron chi connectivity index (χ3n) is 2.70. The minimum Gasteiger partial charge on any atom is -0.451 e. The molecule has 120 valence electrons. The molecule has 1 aromatic heterocycles. The lowest BCUT2D eigenvalue weighted by Crippen LogP contribution is -2.20. The van der Waals surface area contributed by atoms with Crippen molar-refractivity contribution >= 4 is 46.2 Å². The summed E-state index contributed by atoms with van der Waals surface area (Å²) in [7, 11) is 0. The second-order valence-corrected chi connectivity index (χ2v) is 6.15. The number of ether oxygens (including phenoxy) is 1. The Hall–Kier alpha value is -2.45. The van der Waals surface area contributed by atoms with Gasteiger partial charge in [0.25, 0.3) is 11.6 Å². The minimum absolute atomic E-state index is 0.0347. The van der Waals surface area contributed by atoms with Gasteiger partial charge in [-0.05, 0) is 31.2 Å². The van der Waals surface area contributed by atoms with Crippen LogP contribution < -0.4 is 5.32 Å². The number of nitro benzene ring substituents is 1. The number of hydrogen-bond donors (Lipinski definition) is 1. The summed E-state index contributed by atoms with van der Waals surface area (Å²) in [5, 5.41) is 13.1. The monoisotopic (exact) mass is 354 g/mol. The van der Waals surface area contributed by atoms with Crippen molar-refractivity contribution in [3.05, 3.63) is 55.2 Å². The Morgan fingerprint density at radius 1 is 1.35 bits per heavy atom. The Morgan fingerprint density at radius 3 is 2.70 bits per heavy atom. The number of benzene rings is 1. The van der Waals surface area contributed by atoms with E-state index in [-0.39, 0.29) is 16.4 Å². The molecule has 2 rings (SSSR count). The van der Waals surface area contributed by atoms with Gasteiger partial charge in [0.2, 0.25) is 0 Å². The largest absolute Gasteiger partial charge is 0.451 e. The molecule has 0 fully saturated rings. The van der Waals surface area contributed by atoms with Gasteiger partial charge in [0, 0.05) is 16.6 Å². The molecule has 0 unspecified atom stereocenters. The first-order chi connectivity index (χ1) is 10.9. The van der Waals surface area contributed by atoms with Crippen LogP contribution in [-0.2, 0) is 9.53 Å². The van der Waals surface area contributed by atoms with Crippen LogP contribution in [0.4, 0.5) is 11.4 Å². The summed E-state index contributed by atoms with van der Waals surface area (Å²) >= 11 is 6.94. The molecule has 1 N–H and O–H groups in total. The maximum absolute atomic E-state index is 11.7. The highest BCUT2D eigenvalue weighted by molar-refractivity contribution is 7.13. The van der Waals surface area contributed by atoms with E-state index in [2.05, 4.69) is 5.32 Å². The molecular weight excluding hydrogens is 344 g/mol. The molecule has 0 aliphatic heterocycles. The van der Waals surface area contributed by atoms with E-state index in [1.165, 1.54) is 23.5 Å². The predicted octanol–water partition coefficient (Wildman–Crippen LogP) is 3.41. The molecule has 0 radical (unpaired) electrons. The molecule has 9 heteroatoms. The number of anilines is 1. The molecule has 1 aromatic carbocycles. The fraction of sp³-hybridized carbons (Fsp3) is 0.143. The number of thiophene rings is 1. The number of nitro groups is 1. The Bertz CT molecular complexity index is 774. The fourth-order valence-corrected chi connectivity index (χ4v) is 2.62. The summed E-state index contributed by atoms with van der Waals surface area (Å²) < 4.78 is 4.88. The van der Waals surface area contributed by atoms with Gasteiger partial charge in [0.15, 0.2) is 6.61 Å². The molecule has 0 saturated carbocycles. The van der Waals surface area contributed by atoms with Crippen LogP contribution in [0.5, 0.6) is 0 Å². The maximum Gasteiger partial charge on any atom is 0.348 e. The van der Waals surface area contributed by atoms with Crippen LogP contribution in [0.25, 0.3) is 0 Å². The molecule has 0 aliphatic carbocycles. The molecule has 23 heavy (non-hydrogen) atoms. The van der Waals surface area contributed by atoms with Crippen LogP contribution in [-0.4, -0.2) is 23.4 Å². The predicted molar refractivity (Wildman–Crippen MR) is 86.1 cm³/mol. The van der Waals surface area contributed by atoms with Gasteiger partial charge < -0.3 is 10.1 Å². The normalized spacial score (nSPS) is 10.2. The number of nitrogens with zero attached hydrogens (tertiary/aromatic N) is 1. The average molecular weight is 355 g/mol. The third-order valence-corrected chi connectivity index (χ3v) is 4.00. The van der Waals surface area contributed by atoms with Gasteiger partial charge in [-0.1, -0.05) is 11.6 Å². The third kappa shape index (κ3) is 4.51. The summed E-state index contributed by atoms with van der Waals surface area (Å²) in [6, 6.07) is 7.23. The number of esters is 1. The van der Waals surface area contributed by atoms with Crippen molar-refractivity contribution in [3.8, 4) is 0 Å². The van der Waals surface area contributed by atoms with Crippen LogP contribution >= 0.6 is 22.9 Å². The van der Waals surface area contributed by atoms with Crippen molar-refractivity contribution in [1.29, 1.82) is 0 Å². The van der Waals surface area contributed by atoms with E-state index in [0.717, 1.165) is 10.9 Å². The first-order valence-corrected chi connectivity index (χ1v) is 7.53. The van der Waals surface area contributed by atoms with E-state index in [1.807, 2.05) is 6.92 Å². The highest BCUT2D eigenvalue weighted by Crippen LogP contribution is 2.27. The Kier molecular flexibility index (Phi) is 5.30. The first kappa shape index (κ1) is 16.9. The van der Waals surface area contributed by atoms with Crippen LogP contribution in [0.1, 0.15) is 14.5 Å². The fourth-order valence-electron chi connectivity index (χ4n) is 1.67. The quantitative estimate of drug-likeness (QED) is 0.504. The highest BCUT2D eigenvalue weighted by atomic mass is 35.5. The number of aryl methyl sites for hydroxylation is 1. The van der Waals surface area contributed by atoms with E-state index in [0.29, 0.717) is 4.88 Å². The van der Waals surface area contributed by atoms with E-state index < -0.39 is 23.4 Å². The average Bonchev–Trinajstić information content (AvgIpc) is 2.93. The zero-order valence-corrected chi connectivity index (χ0v) is 13.4. The van der Waals surface area contributed by atoms with Crippen LogP contribution in [0.3, 0.4) is 0 Å². The summed E-state index contributed by atoms with van der Waals surface area (Å²) in [5.74, 6) is -1.21. The Morgan fingerprint density at radius 2 is 2.09 bits per heavy atom. The van der Waals surface area contributed by atoms with Gasteiger partial charge in [0.05, 0.1) is 4.92 Å². The minimum atomic E-state index is -0.656. The molecule has 2 aromatic rings. The summed E-state index contributed by atoms with van der Waals surface area (Å²) in [6.07, 6.45) is 0. The van der Waals surface area contributed by atoms with Crippen LogP contribution in [0.15, 0.2) is 30.3 Å². The zero-order valence-electron chi connectivity index (χ0n) is 11.9. The molecule has 1 heterocycles. The van der Waals surface area contributed by atoms with Crippen molar-refractivity contribution in [2.45, 2.75) is 6.92 Å². The first-order valence-electron chi connectivity index (χ1n) is 6.34. The van der Waals surface area contributed by atoms with Gasteiger partial charge in [-0.2, -0.15) is 0 Å². The summed E-state index contributed by atoms with van der Waals surface area (Å²) in [4.78, 5) is 34.9. The number of halogens is 1. The van der Waals surface area contributed by atoms with Gasteiger partial charge in [0.1, 0.15) is 9.90 Å². The smallest absolute Gasteiger partial charge is 0.348 e. The van der Waals surface area contributed by atoms with Gasteiger partial charge in [-0.15, -0.1) is 11.3 Å².